The highest BCUT2D eigenvalue weighted by molar-refractivity contribution is 6.04. The van der Waals surface area contributed by atoms with Crippen LogP contribution in [0.3, 0.4) is 0 Å². The van der Waals surface area contributed by atoms with Crippen LogP contribution in [0, 0.1) is 13.8 Å². The lowest BCUT2D eigenvalue weighted by molar-refractivity contribution is 0.0964. The molecular weight excluding hydrogens is 304 g/mol. The predicted octanol–water partition coefficient (Wildman–Crippen LogP) is 3.39. The van der Waals surface area contributed by atoms with Gasteiger partial charge in [0.15, 0.2) is 0 Å². The number of carbonyl (C=O) groups is 1. The van der Waals surface area contributed by atoms with Crippen molar-refractivity contribution in [2.75, 3.05) is 0 Å². The van der Waals surface area contributed by atoms with Crippen LogP contribution < -0.4 is 0 Å². The molecule has 0 radical (unpaired) electrons. The van der Waals surface area contributed by atoms with Crippen molar-refractivity contribution in [3.63, 3.8) is 0 Å². The van der Waals surface area contributed by atoms with Gasteiger partial charge in [-0.05, 0) is 31.2 Å². The second-order valence-electron chi connectivity index (χ2n) is 5.60. The van der Waals surface area contributed by atoms with E-state index in [4.69, 9.17) is 4.52 Å². The molecule has 0 aliphatic heterocycles. The largest absolute Gasteiger partial charge is 0.339 e. The monoisotopic (exact) mass is 318 g/mol. The molecular formula is C18H14N4O2. The molecule has 118 valence electrons. The number of fused-ring (bicyclic) bond motifs is 1. The molecule has 0 fully saturated rings. The third-order valence-electron chi connectivity index (χ3n) is 3.82. The number of aryl methyl sites for hydroxylation is 2. The van der Waals surface area contributed by atoms with Gasteiger partial charge < -0.3 is 4.52 Å². The molecule has 4 aromatic rings. The third kappa shape index (κ3) is 2.28. The Kier molecular flexibility index (Phi) is 3.23. The van der Waals surface area contributed by atoms with Crippen molar-refractivity contribution >= 4 is 16.9 Å². The molecule has 0 saturated heterocycles. The Morgan fingerprint density at radius 1 is 1.17 bits per heavy atom. The van der Waals surface area contributed by atoms with E-state index < -0.39 is 0 Å². The highest BCUT2D eigenvalue weighted by Crippen LogP contribution is 2.28. The van der Waals surface area contributed by atoms with Crippen LogP contribution in [0.25, 0.3) is 22.4 Å². The van der Waals surface area contributed by atoms with E-state index in [1.54, 1.807) is 25.4 Å². The summed E-state index contributed by atoms with van der Waals surface area (Å²) in [6, 6.07) is 11.2. The first kappa shape index (κ1) is 14.3. The van der Waals surface area contributed by atoms with Gasteiger partial charge in [-0.25, -0.2) is 4.98 Å². The van der Waals surface area contributed by atoms with Crippen LogP contribution in [-0.4, -0.2) is 25.6 Å². The minimum absolute atomic E-state index is 0.145. The normalized spacial score (nSPS) is 11.1. The van der Waals surface area contributed by atoms with Crippen molar-refractivity contribution in [2.45, 2.75) is 13.8 Å². The molecule has 0 unspecified atom stereocenters. The van der Waals surface area contributed by atoms with Crippen molar-refractivity contribution in [2.24, 2.45) is 0 Å². The molecule has 0 aliphatic rings. The zero-order chi connectivity index (χ0) is 16.7. The molecule has 3 heterocycles. The minimum atomic E-state index is -0.145. The highest BCUT2D eigenvalue weighted by Gasteiger charge is 2.19. The fourth-order valence-electron chi connectivity index (χ4n) is 2.72. The van der Waals surface area contributed by atoms with Gasteiger partial charge in [-0.1, -0.05) is 22.9 Å². The lowest BCUT2D eigenvalue weighted by atomic mass is 10.1. The molecule has 0 amide bonds. The molecule has 6 nitrogen and oxygen atoms in total. The first-order valence-electron chi connectivity index (χ1n) is 7.51. The van der Waals surface area contributed by atoms with Crippen molar-refractivity contribution < 1.29 is 9.32 Å². The Morgan fingerprint density at radius 3 is 2.79 bits per heavy atom. The Labute approximate surface area is 137 Å². The van der Waals surface area contributed by atoms with Crippen molar-refractivity contribution in [3.8, 4) is 11.4 Å². The van der Waals surface area contributed by atoms with E-state index >= 15 is 0 Å². The van der Waals surface area contributed by atoms with Crippen LogP contribution in [-0.2, 0) is 0 Å². The summed E-state index contributed by atoms with van der Waals surface area (Å²) in [6.07, 6.45) is 3.38. The number of pyridine rings is 1. The zero-order valence-corrected chi connectivity index (χ0v) is 13.2. The van der Waals surface area contributed by atoms with E-state index in [0.717, 1.165) is 16.5 Å². The van der Waals surface area contributed by atoms with Gasteiger partial charge in [0.2, 0.25) is 11.7 Å². The first-order valence-corrected chi connectivity index (χ1v) is 7.51. The standard InChI is InChI=1S/C18H14N4O2/c1-11-5-3-6-13(9-11)18(23)22-10-15(16-20-12(2)24-21-16)14-7-4-8-19-17(14)22/h3-10H,1-2H3. The van der Waals surface area contributed by atoms with Crippen LogP contribution in [0.5, 0.6) is 0 Å². The summed E-state index contributed by atoms with van der Waals surface area (Å²) in [4.78, 5) is 21.5. The summed E-state index contributed by atoms with van der Waals surface area (Å²) in [7, 11) is 0. The van der Waals surface area contributed by atoms with E-state index in [1.165, 1.54) is 4.57 Å². The van der Waals surface area contributed by atoms with Gasteiger partial charge in [0.25, 0.3) is 5.91 Å². The van der Waals surface area contributed by atoms with Gasteiger partial charge in [-0.2, -0.15) is 4.98 Å². The molecule has 0 atom stereocenters. The number of carbonyl (C=O) groups excluding carboxylic acids is 1. The lowest BCUT2D eigenvalue weighted by Gasteiger charge is -2.04. The number of benzene rings is 1. The molecule has 0 N–H and O–H groups in total. The van der Waals surface area contributed by atoms with Crippen LogP contribution in [0.4, 0.5) is 0 Å². The predicted molar refractivity (Wildman–Crippen MR) is 88.7 cm³/mol. The molecule has 0 saturated carbocycles. The quantitative estimate of drug-likeness (QED) is 0.566. The lowest BCUT2D eigenvalue weighted by Crippen LogP contribution is -2.11. The Morgan fingerprint density at radius 2 is 2.04 bits per heavy atom. The second-order valence-corrected chi connectivity index (χ2v) is 5.60. The summed E-state index contributed by atoms with van der Waals surface area (Å²) in [6.45, 7) is 3.68. The second kappa shape index (κ2) is 5.42. The number of rotatable bonds is 2. The molecule has 24 heavy (non-hydrogen) atoms. The van der Waals surface area contributed by atoms with E-state index in [-0.39, 0.29) is 5.91 Å². The molecule has 6 heteroatoms. The Hall–Kier alpha value is -3.28. The maximum absolute atomic E-state index is 12.9. The Bertz CT molecular complexity index is 1060. The molecule has 1 aromatic carbocycles. The maximum atomic E-state index is 12.9. The van der Waals surface area contributed by atoms with E-state index in [9.17, 15) is 4.79 Å². The van der Waals surface area contributed by atoms with E-state index in [1.807, 2.05) is 37.3 Å². The van der Waals surface area contributed by atoms with Gasteiger partial charge in [0, 0.05) is 30.3 Å². The summed E-state index contributed by atoms with van der Waals surface area (Å²) >= 11 is 0. The van der Waals surface area contributed by atoms with Crippen molar-refractivity contribution in [3.05, 3.63) is 65.8 Å². The summed E-state index contributed by atoms with van der Waals surface area (Å²) < 4.78 is 6.60. The number of nitrogens with zero attached hydrogens (tertiary/aromatic N) is 4. The molecule has 0 spiro atoms. The van der Waals surface area contributed by atoms with Gasteiger partial charge in [0.1, 0.15) is 5.65 Å². The molecule has 3 aromatic heterocycles. The molecule has 4 rings (SSSR count). The minimum Gasteiger partial charge on any atom is -0.339 e. The fraction of sp³-hybridized carbons (Fsp3) is 0.111. The van der Waals surface area contributed by atoms with Gasteiger partial charge in [-0.15, -0.1) is 0 Å². The van der Waals surface area contributed by atoms with Crippen molar-refractivity contribution in [1.29, 1.82) is 0 Å². The molecule has 0 aliphatic carbocycles. The van der Waals surface area contributed by atoms with Crippen LogP contribution in [0.2, 0.25) is 0 Å². The van der Waals surface area contributed by atoms with Crippen molar-refractivity contribution in [1.82, 2.24) is 19.7 Å². The topological polar surface area (TPSA) is 73.8 Å². The smallest absolute Gasteiger partial charge is 0.263 e. The number of aromatic nitrogens is 4. The first-order chi connectivity index (χ1) is 11.6. The SMILES string of the molecule is Cc1cccc(C(=O)n2cc(-c3noc(C)n3)c3cccnc32)c1. The van der Waals surface area contributed by atoms with Gasteiger partial charge >= 0.3 is 0 Å². The summed E-state index contributed by atoms with van der Waals surface area (Å²) in [5.74, 6) is 0.773. The average Bonchev–Trinajstić information content (AvgIpc) is 3.18. The fourth-order valence-corrected chi connectivity index (χ4v) is 2.72. The average molecular weight is 318 g/mol. The number of hydrogen-bond donors (Lipinski definition) is 0. The summed E-state index contributed by atoms with van der Waals surface area (Å²) in [5, 5.41) is 4.76. The Balaban J connectivity index is 1.92. The van der Waals surface area contributed by atoms with Gasteiger partial charge in [0.05, 0.1) is 5.56 Å². The number of hydrogen-bond acceptors (Lipinski definition) is 5. The van der Waals surface area contributed by atoms with Crippen LogP contribution in [0.15, 0.2) is 53.3 Å². The van der Waals surface area contributed by atoms with Crippen LogP contribution in [0.1, 0.15) is 21.8 Å². The van der Waals surface area contributed by atoms with E-state index in [2.05, 4.69) is 15.1 Å². The van der Waals surface area contributed by atoms with Gasteiger partial charge in [-0.3, -0.25) is 9.36 Å². The van der Waals surface area contributed by atoms with E-state index in [0.29, 0.717) is 22.9 Å². The zero-order valence-electron chi connectivity index (χ0n) is 13.2. The van der Waals surface area contributed by atoms with Crippen LogP contribution >= 0.6 is 0 Å². The maximum Gasteiger partial charge on any atom is 0.263 e. The summed E-state index contributed by atoms with van der Waals surface area (Å²) in [5.41, 5.74) is 2.92. The third-order valence-corrected chi connectivity index (χ3v) is 3.82. The highest BCUT2D eigenvalue weighted by atomic mass is 16.5. The molecule has 0 bridgehead atoms.